The highest BCUT2D eigenvalue weighted by Crippen LogP contribution is 2.21. The quantitative estimate of drug-likeness (QED) is 0.727. The summed E-state index contributed by atoms with van der Waals surface area (Å²) in [5, 5.41) is 7.53. The number of hydrogen-bond acceptors (Lipinski definition) is 5. The molecule has 8 nitrogen and oxygen atoms in total. The van der Waals surface area contributed by atoms with Gasteiger partial charge in [-0.1, -0.05) is 18.5 Å². The molecule has 3 heterocycles. The molecule has 0 radical (unpaired) electrons. The highest BCUT2D eigenvalue weighted by molar-refractivity contribution is 6.30. The number of aromatic nitrogens is 4. The number of benzene rings is 1. The number of carbonyl (C=O) groups excluding carboxylic acids is 1. The summed E-state index contributed by atoms with van der Waals surface area (Å²) in [5.74, 6) is 1.36. The molecule has 1 atom stereocenters. The highest BCUT2D eigenvalue weighted by Gasteiger charge is 2.19. The van der Waals surface area contributed by atoms with Gasteiger partial charge in [-0.2, -0.15) is 4.98 Å². The monoisotopic (exact) mass is 400 g/mol. The molecule has 0 aliphatic carbocycles. The molecule has 1 aromatic carbocycles. The van der Waals surface area contributed by atoms with E-state index in [1.165, 1.54) is 10.8 Å². The second-order valence-electron chi connectivity index (χ2n) is 7.14. The van der Waals surface area contributed by atoms with Gasteiger partial charge in [0.15, 0.2) is 0 Å². The van der Waals surface area contributed by atoms with Crippen LogP contribution in [0.2, 0.25) is 5.02 Å². The first-order chi connectivity index (χ1) is 13.5. The molecule has 3 aromatic rings. The number of nitrogens with zero attached hydrogens (tertiary/aromatic N) is 5. The second kappa shape index (κ2) is 7.63. The van der Waals surface area contributed by atoms with Crippen LogP contribution in [-0.2, 0) is 11.3 Å². The van der Waals surface area contributed by atoms with Crippen molar-refractivity contribution in [3.63, 3.8) is 0 Å². The van der Waals surface area contributed by atoms with Gasteiger partial charge in [-0.25, -0.2) is 13.9 Å². The molecule has 28 heavy (non-hydrogen) atoms. The highest BCUT2D eigenvalue weighted by atomic mass is 35.5. The molecule has 9 heteroatoms. The Labute approximate surface area is 166 Å². The first kappa shape index (κ1) is 18.5. The van der Waals surface area contributed by atoms with Gasteiger partial charge in [-0.05, 0) is 49.1 Å². The molecule has 1 saturated heterocycles. The van der Waals surface area contributed by atoms with Crippen LogP contribution in [0.15, 0.2) is 41.3 Å². The maximum Gasteiger partial charge on any atom is 0.352 e. The van der Waals surface area contributed by atoms with Gasteiger partial charge >= 0.3 is 5.69 Å². The molecule has 2 aromatic heterocycles. The minimum Gasteiger partial charge on any atom is -0.356 e. The zero-order chi connectivity index (χ0) is 19.7. The lowest BCUT2D eigenvalue weighted by Crippen LogP contribution is -2.34. The van der Waals surface area contributed by atoms with E-state index in [0.29, 0.717) is 22.4 Å². The Kier molecular flexibility index (Phi) is 5.04. The second-order valence-corrected chi connectivity index (χ2v) is 7.58. The lowest BCUT2D eigenvalue weighted by molar-refractivity contribution is -0.117. The largest absolute Gasteiger partial charge is 0.356 e. The van der Waals surface area contributed by atoms with Gasteiger partial charge in [-0.15, -0.1) is 5.10 Å². The third-order valence-electron chi connectivity index (χ3n) is 4.84. The number of fused-ring (bicyclic) bond motifs is 1. The molecule has 0 spiro atoms. The van der Waals surface area contributed by atoms with E-state index in [1.807, 2.05) is 6.07 Å². The van der Waals surface area contributed by atoms with Crippen molar-refractivity contribution in [2.75, 3.05) is 23.3 Å². The number of carbonyl (C=O) groups is 1. The number of nitrogens with one attached hydrogen (secondary N) is 1. The molecule has 4 rings (SSSR count). The number of halogens is 1. The minimum atomic E-state index is -0.396. The summed E-state index contributed by atoms with van der Waals surface area (Å²) < 4.78 is 2.47. The molecule has 1 unspecified atom stereocenters. The van der Waals surface area contributed by atoms with E-state index >= 15 is 0 Å². The lowest BCUT2D eigenvalue weighted by Gasteiger charge is -2.31. The van der Waals surface area contributed by atoms with E-state index in [0.717, 1.165) is 30.0 Å². The van der Waals surface area contributed by atoms with Crippen LogP contribution in [0.5, 0.6) is 0 Å². The molecular formula is C19H21ClN6O2. The summed E-state index contributed by atoms with van der Waals surface area (Å²) in [4.78, 5) is 31.5. The summed E-state index contributed by atoms with van der Waals surface area (Å²) >= 11 is 5.84. The van der Waals surface area contributed by atoms with Crippen molar-refractivity contribution in [2.45, 2.75) is 26.3 Å². The first-order valence-corrected chi connectivity index (χ1v) is 9.64. The van der Waals surface area contributed by atoms with Gasteiger partial charge in [0.05, 0.1) is 0 Å². The van der Waals surface area contributed by atoms with Gasteiger partial charge in [0.25, 0.3) is 5.78 Å². The molecule has 1 amide bonds. The van der Waals surface area contributed by atoms with Gasteiger partial charge < -0.3 is 10.2 Å². The van der Waals surface area contributed by atoms with Crippen LogP contribution in [-0.4, -0.2) is 38.2 Å². The van der Waals surface area contributed by atoms with Crippen molar-refractivity contribution in [2.24, 2.45) is 5.92 Å². The fourth-order valence-electron chi connectivity index (χ4n) is 3.44. The molecular weight excluding hydrogens is 380 g/mol. The average Bonchev–Trinajstić information content (AvgIpc) is 2.98. The van der Waals surface area contributed by atoms with E-state index in [4.69, 9.17) is 11.6 Å². The van der Waals surface area contributed by atoms with Crippen molar-refractivity contribution in [3.05, 3.63) is 52.0 Å². The van der Waals surface area contributed by atoms with Crippen LogP contribution >= 0.6 is 11.6 Å². The standard InChI is InChI=1S/C19H21ClN6O2/c1-13-3-2-9-24(11-13)16-8-10-25-18(22-16)23-26(19(25)28)12-17(27)21-15-6-4-14(20)5-7-15/h4-8,10,13H,2-3,9,11-12H2,1H3,(H,21,27). The number of piperidine rings is 1. The van der Waals surface area contributed by atoms with Crippen molar-refractivity contribution >= 4 is 34.8 Å². The molecule has 1 aliphatic rings. The van der Waals surface area contributed by atoms with Crippen LogP contribution in [0.1, 0.15) is 19.8 Å². The topological polar surface area (TPSA) is 84.5 Å². The van der Waals surface area contributed by atoms with E-state index in [-0.39, 0.29) is 12.5 Å². The summed E-state index contributed by atoms with van der Waals surface area (Å²) in [5.41, 5.74) is 0.207. The third-order valence-corrected chi connectivity index (χ3v) is 5.09. The number of hydrogen-bond donors (Lipinski definition) is 1. The van der Waals surface area contributed by atoms with Gasteiger partial charge in [0.2, 0.25) is 5.91 Å². The zero-order valence-corrected chi connectivity index (χ0v) is 16.3. The molecule has 0 bridgehead atoms. The van der Waals surface area contributed by atoms with Crippen LogP contribution in [0, 0.1) is 5.92 Å². The molecule has 1 N–H and O–H groups in total. The summed E-state index contributed by atoms with van der Waals surface area (Å²) in [6.45, 7) is 3.92. The molecule has 146 valence electrons. The Balaban J connectivity index is 1.52. The van der Waals surface area contributed by atoms with Crippen molar-refractivity contribution < 1.29 is 4.79 Å². The van der Waals surface area contributed by atoms with Crippen LogP contribution in [0.4, 0.5) is 11.5 Å². The van der Waals surface area contributed by atoms with E-state index in [9.17, 15) is 9.59 Å². The Morgan fingerprint density at radius 3 is 2.82 bits per heavy atom. The Morgan fingerprint density at radius 2 is 2.07 bits per heavy atom. The summed E-state index contributed by atoms with van der Waals surface area (Å²) in [6.07, 6.45) is 4.01. The predicted octanol–water partition coefficient (Wildman–Crippen LogP) is 2.42. The van der Waals surface area contributed by atoms with E-state index in [1.54, 1.807) is 30.5 Å². The Morgan fingerprint density at radius 1 is 1.29 bits per heavy atom. The SMILES string of the molecule is CC1CCCN(c2ccn3c(=O)n(CC(=O)Nc4ccc(Cl)cc4)nc3n2)C1. The van der Waals surface area contributed by atoms with Crippen molar-refractivity contribution in [1.29, 1.82) is 0 Å². The lowest BCUT2D eigenvalue weighted by atomic mass is 10.0. The molecule has 1 aliphatic heterocycles. The number of amides is 1. The molecule has 1 fully saturated rings. The first-order valence-electron chi connectivity index (χ1n) is 9.26. The predicted molar refractivity (Wildman–Crippen MR) is 108 cm³/mol. The fraction of sp³-hybridized carbons (Fsp3) is 0.368. The average molecular weight is 401 g/mol. The van der Waals surface area contributed by atoms with E-state index in [2.05, 4.69) is 27.2 Å². The van der Waals surface area contributed by atoms with Crippen molar-refractivity contribution in [1.82, 2.24) is 19.2 Å². The maximum absolute atomic E-state index is 12.5. The van der Waals surface area contributed by atoms with Gasteiger partial charge in [0.1, 0.15) is 12.4 Å². The summed E-state index contributed by atoms with van der Waals surface area (Å²) in [6, 6.07) is 8.58. The van der Waals surface area contributed by atoms with Crippen molar-refractivity contribution in [3.8, 4) is 0 Å². The van der Waals surface area contributed by atoms with E-state index < -0.39 is 5.69 Å². The minimum absolute atomic E-state index is 0.194. The van der Waals surface area contributed by atoms with Crippen LogP contribution in [0.3, 0.4) is 0 Å². The maximum atomic E-state index is 12.5. The van der Waals surface area contributed by atoms with Crippen LogP contribution < -0.4 is 15.9 Å². The third kappa shape index (κ3) is 3.87. The number of anilines is 2. The Bertz CT molecular complexity index is 1060. The normalized spacial score (nSPS) is 17.1. The zero-order valence-electron chi connectivity index (χ0n) is 15.5. The smallest absolute Gasteiger partial charge is 0.352 e. The van der Waals surface area contributed by atoms with Gasteiger partial charge in [-0.3, -0.25) is 4.79 Å². The fourth-order valence-corrected chi connectivity index (χ4v) is 3.57. The number of rotatable bonds is 4. The summed E-state index contributed by atoms with van der Waals surface area (Å²) in [7, 11) is 0. The van der Waals surface area contributed by atoms with Crippen LogP contribution in [0.25, 0.3) is 5.78 Å². The molecule has 0 saturated carbocycles. The van der Waals surface area contributed by atoms with Gasteiger partial charge in [0, 0.05) is 30.0 Å². The Hall–Kier alpha value is -2.87.